The molecule has 41 heavy (non-hydrogen) atoms. The van der Waals surface area contributed by atoms with E-state index in [2.05, 4.69) is 15.2 Å². The van der Waals surface area contributed by atoms with Gasteiger partial charge in [0.05, 0.1) is 29.3 Å². The Balaban J connectivity index is 1.28. The third-order valence-corrected chi connectivity index (χ3v) is 8.13. The molecule has 1 aromatic carbocycles. The van der Waals surface area contributed by atoms with Crippen molar-refractivity contribution in [3.8, 4) is 0 Å². The van der Waals surface area contributed by atoms with Gasteiger partial charge in [-0.3, -0.25) is 14.3 Å². The summed E-state index contributed by atoms with van der Waals surface area (Å²) in [5.41, 5.74) is -0.282. The van der Waals surface area contributed by atoms with Crippen LogP contribution in [0.3, 0.4) is 0 Å². The van der Waals surface area contributed by atoms with Crippen LogP contribution in [0.5, 0.6) is 0 Å². The fourth-order valence-electron chi connectivity index (χ4n) is 4.99. The van der Waals surface area contributed by atoms with Gasteiger partial charge in [-0.1, -0.05) is 11.2 Å². The molecule has 0 spiro atoms. The number of halogens is 5. The van der Waals surface area contributed by atoms with E-state index in [0.29, 0.717) is 22.8 Å². The summed E-state index contributed by atoms with van der Waals surface area (Å²) in [5.74, 6) is -3.71. The third-order valence-electron chi connectivity index (χ3n) is 7.15. The summed E-state index contributed by atoms with van der Waals surface area (Å²) in [4.78, 5) is 37.0. The predicted octanol–water partition coefficient (Wildman–Crippen LogP) is 4.62. The molecule has 2 aliphatic heterocycles. The van der Waals surface area contributed by atoms with Crippen LogP contribution < -0.4 is 0 Å². The molecule has 4 heterocycles. The first kappa shape index (κ1) is 28.6. The van der Waals surface area contributed by atoms with Crippen molar-refractivity contribution in [3.05, 3.63) is 68.9 Å². The highest BCUT2D eigenvalue weighted by molar-refractivity contribution is 7.10. The number of aromatic nitrogens is 3. The van der Waals surface area contributed by atoms with Crippen LogP contribution in [0.1, 0.15) is 52.5 Å². The highest BCUT2D eigenvalue weighted by atomic mass is 32.1. The number of esters is 1. The zero-order chi connectivity index (χ0) is 29.5. The molecule has 2 aromatic heterocycles. The summed E-state index contributed by atoms with van der Waals surface area (Å²) < 4.78 is 73.4. The van der Waals surface area contributed by atoms with Crippen molar-refractivity contribution in [2.75, 3.05) is 20.2 Å². The van der Waals surface area contributed by atoms with Gasteiger partial charge in [-0.25, -0.2) is 13.8 Å². The standard InChI is InChI=1S/C26H24F5N5O4S/c1-13-8-21(26(29,30)31)33-36(13)11-22(37)35-7-6-14(15(10-35)25(38)39-2)24-32-19(12-41-24)18-9-20(40-34-18)23-16(27)4-3-5-17(23)28/h3-5,8,12,14-15,20H,6-7,9-11H2,1-2H3. The van der Waals surface area contributed by atoms with Gasteiger partial charge in [0.1, 0.15) is 23.9 Å². The molecule has 0 radical (unpaired) electrons. The summed E-state index contributed by atoms with van der Waals surface area (Å²) in [7, 11) is 1.23. The smallest absolute Gasteiger partial charge is 0.435 e. The average molecular weight is 598 g/mol. The van der Waals surface area contributed by atoms with Crippen molar-refractivity contribution in [1.82, 2.24) is 19.7 Å². The highest BCUT2D eigenvalue weighted by Crippen LogP contribution is 2.38. The Morgan fingerprint density at radius 2 is 1.95 bits per heavy atom. The number of oxime groups is 1. The molecule has 9 nitrogen and oxygen atoms in total. The van der Waals surface area contributed by atoms with E-state index in [1.165, 1.54) is 36.3 Å². The van der Waals surface area contributed by atoms with Crippen LogP contribution in [-0.4, -0.2) is 57.5 Å². The van der Waals surface area contributed by atoms with Crippen LogP contribution in [0.4, 0.5) is 22.0 Å². The number of hydrogen-bond acceptors (Lipinski definition) is 8. The number of carbonyl (C=O) groups excluding carboxylic acids is 2. The molecule has 3 aromatic rings. The number of carbonyl (C=O) groups is 2. The quantitative estimate of drug-likeness (QED) is 0.304. The second-order valence-electron chi connectivity index (χ2n) is 9.73. The summed E-state index contributed by atoms with van der Waals surface area (Å²) >= 11 is 1.27. The number of amides is 1. The van der Waals surface area contributed by atoms with Gasteiger partial charge < -0.3 is 14.5 Å². The lowest BCUT2D eigenvalue weighted by molar-refractivity contribution is -0.150. The summed E-state index contributed by atoms with van der Waals surface area (Å²) in [6.45, 7) is 1.23. The summed E-state index contributed by atoms with van der Waals surface area (Å²) in [5, 5.41) is 9.78. The largest absolute Gasteiger partial charge is 0.469 e. The number of ether oxygens (including phenoxy) is 1. The van der Waals surface area contributed by atoms with E-state index in [9.17, 15) is 31.5 Å². The number of methoxy groups -OCH3 is 1. The number of nitrogens with zero attached hydrogens (tertiary/aromatic N) is 5. The Bertz CT molecular complexity index is 1480. The maximum atomic E-state index is 14.2. The van der Waals surface area contributed by atoms with Crippen LogP contribution in [0.2, 0.25) is 0 Å². The van der Waals surface area contributed by atoms with Crippen molar-refractivity contribution in [2.45, 2.75) is 44.5 Å². The maximum absolute atomic E-state index is 14.2. The number of piperidine rings is 1. The number of rotatable bonds is 6. The van der Waals surface area contributed by atoms with E-state index < -0.39 is 59.9 Å². The minimum Gasteiger partial charge on any atom is -0.469 e. The molecule has 0 saturated carbocycles. The molecule has 218 valence electrons. The van der Waals surface area contributed by atoms with Gasteiger partial charge in [-0.05, 0) is 31.5 Å². The molecule has 0 N–H and O–H groups in total. The van der Waals surface area contributed by atoms with Crippen molar-refractivity contribution in [1.29, 1.82) is 0 Å². The monoisotopic (exact) mass is 597 g/mol. The van der Waals surface area contributed by atoms with Gasteiger partial charge in [0.15, 0.2) is 11.8 Å². The van der Waals surface area contributed by atoms with Crippen LogP contribution in [0.25, 0.3) is 0 Å². The average Bonchev–Trinajstić information content (AvgIpc) is 3.68. The fraction of sp³-hybridized carbons (Fsp3) is 0.423. The Morgan fingerprint density at radius 1 is 1.22 bits per heavy atom. The van der Waals surface area contributed by atoms with E-state index in [0.717, 1.165) is 22.9 Å². The van der Waals surface area contributed by atoms with E-state index in [4.69, 9.17) is 9.57 Å². The van der Waals surface area contributed by atoms with Gasteiger partial charge in [0.2, 0.25) is 5.91 Å². The van der Waals surface area contributed by atoms with Gasteiger partial charge >= 0.3 is 12.1 Å². The fourth-order valence-corrected chi connectivity index (χ4v) is 6.02. The molecular formula is C26H24F5N5O4S. The normalized spacial score (nSPS) is 21.0. The van der Waals surface area contributed by atoms with Gasteiger partial charge in [-0.2, -0.15) is 18.3 Å². The number of aryl methyl sites for hydroxylation is 1. The molecule has 1 amide bonds. The Hall–Kier alpha value is -3.88. The number of likely N-dealkylation sites (tertiary alicyclic amines) is 1. The second-order valence-corrected chi connectivity index (χ2v) is 10.6. The van der Waals surface area contributed by atoms with E-state index >= 15 is 0 Å². The molecule has 2 aliphatic rings. The molecule has 1 saturated heterocycles. The topological polar surface area (TPSA) is 98.9 Å². The van der Waals surface area contributed by atoms with Gasteiger partial charge in [0, 0.05) is 36.5 Å². The number of hydrogen-bond donors (Lipinski definition) is 0. The number of benzene rings is 1. The molecule has 3 atom stereocenters. The van der Waals surface area contributed by atoms with Crippen LogP contribution in [0, 0.1) is 24.5 Å². The molecule has 1 fully saturated rings. The van der Waals surface area contributed by atoms with Crippen LogP contribution in [0.15, 0.2) is 34.8 Å². The number of alkyl halides is 3. The summed E-state index contributed by atoms with van der Waals surface area (Å²) in [6, 6.07) is 4.41. The second kappa shape index (κ2) is 11.2. The van der Waals surface area contributed by atoms with Gasteiger partial charge in [-0.15, -0.1) is 11.3 Å². The minimum absolute atomic E-state index is 0.0176. The lowest BCUT2D eigenvalue weighted by atomic mass is 9.85. The van der Waals surface area contributed by atoms with E-state index in [-0.39, 0.29) is 30.8 Å². The highest BCUT2D eigenvalue weighted by Gasteiger charge is 2.40. The zero-order valence-corrected chi connectivity index (χ0v) is 22.6. The molecule has 0 aliphatic carbocycles. The SMILES string of the molecule is COC(=O)C1CN(C(=O)Cn2nc(C(F)(F)F)cc2C)CCC1c1nc(C2=NOC(c3c(F)cccc3F)C2)cs1. The lowest BCUT2D eigenvalue weighted by Crippen LogP contribution is -2.47. The molecule has 5 rings (SSSR count). The first-order valence-corrected chi connectivity index (χ1v) is 13.4. The van der Waals surface area contributed by atoms with Crippen molar-refractivity contribution >= 4 is 28.9 Å². The first-order chi connectivity index (χ1) is 19.5. The van der Waals surface area contributed by atoms with Crippen LogP contribution in [-0.2, 0) is 31.9 Å². The first-order valence-electron chi connectivity index (χ1n) is 12.6. The minimum atomic E-state index is -4.63. The lowest BCUT2D eigenvalue weighted by Gasteiger charge is -2.36. The van der Waals surface area contributed by atoms with Crippen molar-refractivity contribution in [2.24, 2.45) is 11.1 Å². The van der Waals surface area contributed by atoms with Crippen molar-refractivity contribution in [3.63, 3.8) is 0 Å². The Morgan fingerprint density at radius 3 is 2.61 bits per heavy atom. The van der Waals surface area contributed by atoms with Crippen LogP contribution >= 0.6 is 11.3 Å². The van der Waals surface area contributed by atoms with E-state index in [1.807, 2.05) is 0 Å². The van der Waals surface area contributed by atoms with E-state index in [1.54, 1.807) is 5.38 Å². The zero-order valence-electron chi connectivity index (χ0n) is 21.8. The van der Waals surface area contributed by atoms with Crippen molar-refractivity contribution < 1.29 is 41.1 Å². The predicted molar refractivity (Wildman–Crippen MR) is 135 cm³/mol. The molecule has 0 bridgehead atoms. The molecule has 3 unspecified atom stereocenters. The Kier molecular flexibility index (Phi) is 7.81. The number of thiazole rings is 1. The molecule has 15 heteroatoms. The third kappa shape index (κ3) is 5.80. The Labute approximate surface area is 234 Å². The maximum Gasteiger partial charge on any atom is 0.435 e. The summed E-state index contributed by atoms with van der Waals surface area (Å²) in [6.07, 6.45) is -5.14. The molecular weight excluding hydrogens is 573 g/mol. The van der Waals surface area contributed by atoms with Gasteiger partial charge in [0.25, 0.3) is 0 Å².